The Morgan fingerprint density at radius 3 is 2.41 bits per heavy atom. The molecule has 27 heavy (non-hydrogen) atoms. The van der Waals surface area contributed by atoms with Crippen molar-refractivity contribution >= 4 is 40.7 Å². The second kappa shape index (κ2) is 12.2. The van der Waals surface area contributed by atoms with Gasteiger partial charge in [0.25, 0.3) is 0 Å². The number of hydrogen-bond acceptors (Lipinski definition) is 3. The Morgan fingerprint density at radius 2 is 1.74 bits per heavy atom. The largest absolute Gasteiger partial charge is 0.362 e. The average Bonchev–Trinajstić information content (AvgIpc) is 2.66. The molecule has 2 aromatic carbocycles. The molecule has 3 nitrogen and oxygen atoms in total. The van der Waals surface area contributed by atoms with E-state index in [1.807, 2.05) is 30.3 Å². The van der Waals surface area contributed by atoms with Crippen LogP contribution in [0.3, 0.4) is 0 Å². The van der Waals surface area contributed by atoms with E-state index in [-0.39, 0.29) is 0 Å². The van der Waals surface area contributed by atoms with E-state index >= 15 is 0 Å². The normalized spacial score (nSPS) is 10.8. The Labute approximate surface area is 178 Å². The van der Waals surface area contributed by atoms with Crippen LogP contribution in [0.25, 0.3) is 0 Å². The van der Waals surface area contributed by atoms with Crippen LogP contribution in [0, 0.1) is 0 Å². The molecule has 0 spiro atoms. The number of nitrogens with zero attached hydrogens (tertiary/aromatic N) is 2. The summed E-state index contributed by atoms with van der Waals surface area (Å²) in [6, 6.07) is 18.4. The number of benzene rings is 2. The molecule has 0 unspecified atom stereocenters. The molecule has 2 rings (SSSR count). The Bertz CT molecular complexity index is 678. The maximum absolute atomic E-state index is 5.93. The molecular formula is C21H28ClN3S2. The molecular weight excluding hydrogens is 394 g/mol. The van der Waals surface area contributed by atoms with E-state index in [1.54, 1.807) is 11.8 Å². The van der Waals surface area contributed by atoms with Gasteiger partial charge in [-0.05, 0) is 69.1 Å². The van der Waals surface area contributed by atoms with Crippen molar-refractivity contribution in [3.63, 3.8) is 0 Å². The van der Waals surface area contributed by atoms with Gasteiger partial charge in [-0.15, -0.1) is 11.8 Å². The smallest absolute Gasteiger partial charge is 0.169 e. The summed E-state index contributed by atoms with van der Waals surface area (Å²) in [7, 11) is 4.21. The third-order valence-electron chi connectivity index (χ3n) is 4.00. The standard InChI is InChI=1S/C21H28ClN3S2/c1-24(2)14-6-15-25(17-18-7-4-3-5-8-18)21(26)23-13-16-27-20-11-9-19(22)10-12-20/h3-5,7-12H,6,13-17H2,1-2H3,(H,23,26). The molecule has 0 saturated carbocycles. The monoisotopic (exact) mass is 421 g/mol. The molecule has 0 aliphatic rings. The molecule has 0 aromatic heterocycles. The van der Waals surface area contributed by atoms with E-state index in [9.17, 15) is 0 Å². The van der Waals surface area contributed by atoms with Gasteiger partial charge in [0.2, 0.25) is 0 Å². The molecule has 2 aromatic rings. The molecule has 0 amide bonds. The van der Waals surface area contributed by atoms with E-state index < -0.39 is 0 Å². The predicted molar refractivity (Wildman–Crippen MR) is 123 cm³/mol. The van der Waals surface area contributed by atoms with Crippen molar-refractivity contribution in [2.75, 3.05) is 39.5 Å². The van der Waals surface area contributed by atoms with E-state index in [2.05, 4.69) is 53.5 Å². The van der Waals surface area contributed by atoms with E-state index in [0.717, 1.165) is 48.5 Å². The zero-order valence-corrected chi connectivity index (χ0v) is 18.4. The number of hydrogen-bond donors (Lipinski definition) is 1. The summed E-state index contributed by atoms with van der Waals surface area (Å²) in [6.45, 7) is 3.68. The molecule has 0 atom stereocenters. The van der Waals surface area contributed by atoms with E-state index in [4.69, 9.17) is 23.8 Å². The highest BCUT2D eigenvalue weighted by Crippen LogP contribution is 2.19. The van der Waals surface area contributed by atoms with Crippen molar-refractivity contribution in [1.29, 1.82) is 0 Å². The summed E-state index contributed by atoms with van der Waals surface area (Å²) in [6.07, 6.45) is 1.08. The van der Waals surface area contributed by atoms with Crippen LogP contribution in [-0.2, 0) is 6.54 Å². The van der Waals surface area contributed by atoms with Crippen LogP contribution in [0.15, 0.2) is 59.5 Å². The van der Waals surface area contributed by atoms with Crippen molar-refractivity contribution in [3.8, 4) is 0 Å². The fourth-order valence-electron chi connectivity index (χ4n) is 2.60. The lowest BCUT2D eigenvalue weighted by Gasteiger charge is -2.26. The number of halogens is 1. The summed E-state index contributed by atoms with van der Waals surface area (Å²) < 4.78 is 0. The predicted octanol–water partition coefficient (Wildman–Crippen LogP) is 4.76. The van der Waals surface area contributed by atoms with Crippen molar-refractivity contribution in [2.45, 2.75) is 17.9 Å². The fourth-order valence-corrected chi connectivity index (χ4v) is 3.76. The highest BCUT2D eigenvalue weighted by Gasteiger charge is 2.10. The first kappa shape index (κ1) is 22.0. The first-order valence-electron chi connectivity index (χ1n) is 9.14. The molecule has 1 N–H and O–H groups in total. The first-order valence-corrected chi connectivity index (χ1v) is 10.9. The van der Waals surface area contributed by atoms with Gasteiger partial charge in [0.05, 0.1) is 0 Å². The van der Waals surface area contributed by atoms with Crippen LogP contribution in [0.1, 0.15) is 12.0 Å². The van der Waals surface area contributed by atoms with Crippen molar-refractivity contribution in [3.05, 3.63) is 65.2 Å². The first-order chi connectivity index (χ1) is 13.0. The van der Waals surface area contributed by atoms with E-state index in [0.29, 0.717) is 0 Å². The van der Waals surface area contributed by atoms with Gasteiger partial charge >= 0.3 is 0 Å². The highest BCUT2D eigenvalue weighted by atomic mass is 35.5. The van der Waals surface area contributed by atoms with Crippen molar-refractivity contribution < 1.29 is 0 Å². The van der Waals surface area contributed by atoms with Gasteiger partial charge in [0, 0.05) is 35.3 Å². The molecule has 0 heterocycles. The lowest BCUT2D eigenvalue weighted by molar-refractivity contribution is 0.341. The number of thioether (sulfide) groups is 1. The van der Waals surface area contributed by atoms with Crippen LogP contribution in [-0.4, -0.2) is 54.4 Å². The number of thiocarbonyl (C=S) groups is 1. The topological polar surface area (TPSA) is 18.5 Å². The third-order valence-corrected chi connectivity index (χ3v) is 5.67. The minimum Gasteiger partial charge on any atom is -0.362 e. The Balaban J connectivity index is 1.81. The van der Waals surface area contributed by atoms with Crippen LogP contribution < -0.4 is 5.32 Å². The Morgan fingerprint density at radius 1 is 1.04 bits per heavy atom. The lowest BCUT2D eigenvalue weighted by atomic mass is 10.2. The second-order valence-electron chi connectivity index (χ2n) is 6.60. The quantitative estimate of drug-likeness (QED) is 0.337. The lowest BCUT2D eigenvalue weighted by Crippen LogP contribution is -2.41. The molecule has 0 saturated heterocycles. The molecule has 0 aliphatic heterocycles. The van der Waals surface area contributed by atoms with Crippen LogP contribution in [0.5, 0.6) is 0 Å². The minimum absolute atomic E-state index is 0.771. The minimum atomic E-state index is 0.771. The Hall–Kier alpha value is -1.27. The number of nitrogens with one attached hydrogen (secondary N) is 1. The summed E-state index contributed by atoms with van der Waals surface area (Å²) in [5, 5.41) is 5.02. The summed E-state index contributed by atoms with van der Waals surface area (Å²) in [5.41, 5.74) is 1.28. The SMILES string of the molecule is CN(C)CCCN(Cc1ccccc1)C(=S)NCCSc1ccc(Cl)cc1. The maximum atomic E-state index is 5.93. The van der Waals surface area contributed by atoms with Gasteiger partial charge < -0.3 is 15.1 Å². The second-order valence-corrected chi connectivity index (χ2v) is 8.59. The zero-order valence-electron chi connectivity index (χ0n) is 16.0. The maximum Gasteiger partial charge on any atom is 0.169 e. The van der Waals surface area contributed by atoms with Gasteiger partial charge in [-0.3, -0.25) is 0 Å². The molecule has 0 radical (unpaired) electrons. The van der Waals surface area contributed by atoms with Crippen LogP contribution >= 0.6 is 35.6 Å². The molecule has 146 valence electrons. The Kier molecular flexibility index (Phi) is 9.98. The summed E-state index contributed by atoms with van der Waals surface area (Å²) >= 11 is 13.4. The molecule has 0 fully saturated rings. The fraction of sp³-hybridized carbons (Fsp3) is 0.381. The number of rotatable bonds is 10. The van der Waals surface area contributed by atoms with Gasteiger partial charge in [-0.25, -0.2) is 0 Å². The van der Waals surface area contributed by atoms with Crippen LogP contribution in [0.4, 0.5) is 0 Å². The molecule has 0 aliphatic carbocycles. The highest BCUT2D eigenvalue weighted by molar-refractivity contribution is 7.99. The zero-order chi connectivity index (χ0) is 19.5. The van der Waals surface area contributed by atoms with Gasteiger partial charge in [0.15, 0.2) is 5.11 Å². The summed E-state index contributed by atoms with van der Waals surface area (Å²) in [5.74, 6) is 0.957. The van der Waals surface area contributed by atoms with Gasteiger partial charge in [-0.1, -0.05) is 41.9 Å². The summed E-state index contributed by atoms with van der Waals surface area (Å²) in [4.78, 5) is 5.69. The van der Waals surface area contributed by atoms with Gasteiger partial charge in [0.1, 0.15) is 0 Å². The molecule has 6 heteroatoms. The van der Waals surface area contributed by atoms with Gasteiger partial charge in [-0.2, -0.15) is 0 Å². The molecule has 0 bridgehead atoms. The van der Waals surface area contributed by atoms with Crippen molar-refractivity contribution in [2.24, 2.45) is 0 Å². The van der Waals surface area contributed by atoms with E-state index in [1.165, 1.54) is 10.5 Å². The third kappa shape index (κ3) is 8.98. The van der Waals surface area contributed by atoms with Crippen LogP contribution in [0.2, 0.25) is 5.02 Å². The average molecular weight is 422 g/mol. The van der Waals surface area contributed by atoms with Crippen molar-refractivity contribution in [1.82, 2.24) is 15.1 Å².